The third-order valence-electron chi connectivity index (χ3n) is 2.20. The highest BCUT2D eigenvalue weighted by molar-refractivity contribution is 5.75. The quantitative estimate of drug-likeness (QED) is 0.465. The summed E-state index contributed by atoms with van der Waals surface area (Å²) < 4.78 is 0. The van der Waals surface area contributed by atoms with Crippen molar-refractivity contribution in [3.05, 3.63) is 73.2 Å². The van der Waals surface area contributed by atoms with Gasteiger partial charge in [-0.05, 0) is 25.0 Å². The number of hydrogen-bond acceptors (Lipinski definition) is 2. The second-order valence-corrected chi connectivity index (χ2v) is 3.50. The first-order chi connectivity index (χ1) is 8.62. The Morgan fingerprint density at radius 3 is 1.28 bits per heavy atom. The minimum atomic E-state index is 0.750. The van der Waals surface area contributed by atoms with E-state index in [1.165, 1.54) is 0 Å². The molecule has 0 amide bonds. The lowest BCUT2D eigenvalue weighted by molar-refractivity contribution is 1.17. The maximum Gasteiger partial charge on any atom is 0.0917 e. The van der Waals surface area contributed by atoms with Crippen molar-refractivity contribution in [2.45, 2.75) is 13.8 Å². The van der Waals surface area contributed by atoms with Crippen molar-refractivity contribution >= 4 is 12.4 Å². The third-order valence-corrected chi connectivity index (χ3v) is 2.20. The van der Waals surface area contributed by atoms with Gasteiger partial charge in [0.25, 0.3) is 0 Å². The summed E-state index contributed by atoms with van der Waals surface area (Å²) in [7, 11) is 0. The van der Waals surface area contributed by atoms with Gasteiger partial charge in [-0.3, -0.25) is 9.98 Å². The second-order valence-electron chi connectivity index (χ2n) is 3.50. The van der Waals surface area contributed by atoms with Crippen molar-refractivity contribution in [3.63, 3.8) is 0 Å². The van der Waals surface area contributed by atoms with Crippen molar-refractivity contribution in [2.24, 2.45) is 9.98 Å². The van der Waals surface area contributed by atoms with Crippen LogP contribution in [0.2, 0.25) is 0 Å². The van der Waals surface area contributed by atoms with Crippen molar-refractivity contribution in [1.29, 1.82) is 0 Å². The Bertz CT molecular complexity index is 413. The predicted octanol–water partition coefficient (Wildman–Crippen LogP) is 4.42. The highest BCUT2D eigenvalue weighted by Crippen LogP contribution is 2.22. The van der Waals surface area contributed by atoms with Crippen molar-refractivity contribution in [2.75, 3.05) is 0 Å². The zero-order valence-electron chi connectivity index (χ0n) is 11.2. The molecule has 0 N–H and O–H groups in total. The Hall–Kier alpha value is -2.22. The summed E-state index contributed by atoms with van der Waals surface area (Å²) in [5.41, 5.74) is 3.37. The molecule has 0 heterocycles. The zero-order valence-corrected chi connectivity index (χ0v) is 11.2. The number of aliphatic imine (C=N–C) groups is 2. The van der Waals surface area contributed by atoms with Crippen molar-refractivity contribution in [1.82, 2.24) is 0 Å². The van der Waals surface area contributed by atoms with Gasteiger partial charge in [-0.15, -0.1) is 0 Å². The number of hydrogen-bond donors (Lipinski definition) is 0. The minimum absolute atomic E-state index is 0.750. The van der Waals surface area contributed by atoms with Crippen LogP contribution in [-0.2, 0) is 0 Å². The van der Waals surface area contributed by atoms with Gasteiger partial charge >= 0.3 is 0 Å². The van der Waals surface area contributed by atoms with Gasteiger partial charge in [-0.2, -0.15) is 0 Å². The normalized spacial score (nSPS) is 14.1. The molecule has 0 aliphatic carbocycles. The number of allylic oxidation sites excluding steroid dienone is 6. The van der Waals surface area contributed by atoms with E-state index in [0.717, 1.165) is 22.5 Å². The summed E-state index contributed by atoms with van der Waals surface area (Å²) in [6, 6.07) is 0. The standard InChI is InChI=1S/C16H20N2/c1-7-11-17-15(13(5)9-3)16(14(6)10-4)18-12-8-2/h7-12H,1-4H2,5-6H3/b15-13-,16-14+,17-11-,18-12-. The smallest absolute Gasteiger partial charge is 0.0917 e. The van der Waals surface area contributed by atoms with Crippen LogP contribution >= 0.6 is 0 Å². The van der Waals surface area contributed by atoms with Crippen molar-refractivity contribution < 1.29 is 0 Å². The lowest BCUT2D eigenvalue weighted by atomic mass is 10.1. The van der Waals surface area contributed by atoms with E-state index in [-0.39, 0.29) is 0 Å². The third kappa shape index (κ3) is 4.74. The summed E-state index contributed by atoms with van der Waals surface area (Å²) in [4.78, 5) is 8.69. The fourth-order valence-electron chi connectivity index (χ4n) is 1.15. The fraction of sp³-hybridized carbons (Fsp3) is 0.125. The molecule has 0 unspecified atom stereocenters. The van der Waals surface area contributed by atoms with Gasteiger partial charge in [0.1, 0.15) is 0 Å². The van der Waals surface area contributed by atoms with Gasteiger partial charge in [0.2, 0.25) is 0 Å². The van der Waals surface area contributed by atoms with Crippen LogP contribution < -0.4 is 0 Å². The lowest BCUT2D eigenvalue weighted by Crippen LogP contribution is -1.92. The van der Waals surface area contributed by atoms with Crippen LogP contribution in [0.3, 0.4) is 0 Å². The van der Waals surface area contributed by atoms with Crippen LogP contribution in [0.1, 0.15) is 13.8 Å². The lowest BCUT2D eigenvalue weighted by Gasteiger charge is -2.08. The Balaban J connectivity index is 5.95. The average molecular weight is 240 g/mol. The van der Waals surface area contributed by atoms with E-state index in [1.807, 2.05) is 13.8 Å². The molecule has 0 spiro atoms. The largest absolute Gasteiger partial charge is 0.254 e. The van der Waals surface area contributed by atoms with Crippen molar-refractivity contribution in [3.8, 4) is 0 Å². The van der Waals surface area contributed by atoms with Crippen LogP contribution in [0, 0.1) is 0 Å². The minimum Gasteiger partial charge on any atom is -0.254 e. The Labute approximate surface area is 110 Å². The molecule has 18 heavy (non-hydrogen) atoms. The molecule has 0 aliphatic heterocycles. The van der Waals surface area contributed by atoms with Crippen LogP contribution in [0.5, 0.6) is 0 Å². The van der Waals surface area contributed by atoms with E-state index in [2.05, 4.69) is 36.3 Å². The molecule has 0 rings (SSSR count). The Kier molecular flexibility index (Phi) is 7.78. The summed E-state index contributed by atoms with van der Waals surface area (Å²) in [6.07, 6.45) is 9.98. The molecule has 0 fully saturated rings. The zero-order chi connectivity index (χ0) is 14.0. The van der Waals surface area contributed by atoms with E-state index in [0.29, 0.717) is 0 Å². The molecule has 2 heteroatoms. The summed E-state index contributed by atoms with van der Waals surface area (Å²) in [5, 5.41) is 0. The summed E-state index contributed by atoms with van der Waals surface area (Å²) in [6.45, 7) is 18.6. The van der Waals surface area contributed by atoms with Crippen LogP contribution in [0.15, 0.2) is 83.1 Å². The maximum absolute atomic E-state index is 4.35. The molecule has 0 atom stereocenters. The molecule has 0 saturated carbocycles. The molecular formula is C16H20N2. The molecule has 94 valence electrons. The maximum atomic E-state index is 4.35. The van der Waals surface area contributed by atoms with E-state index in [1.54, 1.807) is 36.7 Å². The molecule has 0 aliphatic rings. The van der Waals surface area contributed by atoms with Gasteiger partial charge in [0.05, 0.1) is 11.4 Å². The van der Waals surface area contributed by atoms with E-state index in [9.17, 15) is 0 Å². The Morgan fingerprint density at radius 2 is 1.06 bits per heavy atom. The molecule has 2 nitrogen and oxygen atoms in total. The van der Waals surface area contributed by atoms with Crippen LogP contribution in [0.4, 0.5) is 0 Å². The fourth-order valence-corrected chi connectivity index (χ4v) is 1.15. The molecule has 0 aromatic rings. The monoisotopic (exact) mass is 240 g/mol. The van der Waals surface area contributed by atoms with Crippen LogP contribution in [0.25, 0.3) is 0 Å². The van der Waals surface area contributed by atoms with E-state index in [4.69, 9.17) is 0 Å². The molecule has 0 radical (unpaired) electrons. The molecule has 0 bridgehead atoms. The van der Waals surface area contributed by atoms with Gasteiger partial charge in [-0.1, -0.05) is 50.6 Å². The predicted molar refractivity (Wildman–Crippen MR) is 83.2 cm³/mol. The first kappa shape index (κ1) is 15.8. The van der Waals surface area contributed by atoms with E-state index >= 15 is 0 Å². The van der Waals surface area contributed by atoms with E-state index < -0.39 is 0 Å². The first-order valence-electron chi connectivity index (χ1n) is 5.59. The van der Waals surface area contributed by atoms with Gasteiger partial charge in [0.15, 0.2) is 0 Å². The summed E-state index contributed by atoms with van der Waals surface area (Å²) in [5.74, 6) is 0. The molecular weight excluding hydrogens is 220 g/mol. The number of nitrogens with zero attached hydrogens (tertiary/aromatic N) is 2. The van der Waals surface area contributed by atoms with Crippen LogP contribution in [-0.4, -0.2) is 12.4 Å². The number of rotatable bonds is 7. The topological polar surface area (TPSA) is 24.7 Å². The molecule has 0 saturated heterocycles. The molecule has 0 aromatic carbocycles. The van der Waals surface area contributed by atoms with Gasteiger partial charge in [-0.25, -0.2) is 0 Å². The average Bonchev–Trinajstić information content (AvgIpc) is 2.40. The Morgan fingerprint density at radius 1 is 0.722 bits per heavy atom. The second kappa shape index (κ2) is 8.88. The van der Waals surface area contributed by atoms with Gasteiger partial charge < -0.3 is 0 Å². The first-order valence-corrected chi connectivity index (χ1v) is 5.59. The highest BCUT2D eigenvalue weighted by Gasteiger charge is 2.07. The highest BCUT2D eigenvalue weighted by atomic mass is 14.8. The SMILES string of the molecule is C=C\C=N/C(=C(/C)C=C)C(/N=C\C=C)=C(/C)C=C. The summed E-state index contributed by atoms with van der Waals surface area (Å²) >= 11 is 0. The molecule has 0 aromatic heterocycles. The van der Waals surface area contributed by atoms with Gasteiger partial charge in [0, 0.05) is 12.4 Å².